The quantitative estimate of drug-likeness (QED) is 0.559. The van der Waals surface area contributed by atoms with Gasteiger partial charge in [-0.05, 0) is 42.3 Å². The Balaban J connectivity index is 1.27. The highest BCUT2D eigenvalue weighted by molar-refractivity contribution is 5.98. The molecule has 2 aliphatic rings. The van der Waals surface area contributed by atoms with E-state index in [0.717, 1.165) is 12.0 Å². The number of fused-ring (bicyclic) bond motifs is 2. The number of aryl methyl sites for hydroxylation is 1. The largest absolute Gasteiger partial charge is 0.490 e. The molecule has 0 atom stereocenters. The third kappa shape index (κ3) is 4.19. The summed E-state index contributed by atoms with van der Waals surface area (Å²) in [7, 11) is 0. The molecule has 7 nitrogen and oxygen atoms in total. The molecule has 7 heteroatoms. The summed E-state index contributed by atoms with van der Waals surface area (Å²) in [5.41, 5.74) is 1.36. The van der Waals surface area contributed by atoms with Gasteiger partial charge in [0.05, 0.1) is 13.2 Å². The summed E-state index contributed by atoms with van der Waals surface area (Å²) in [4.78, 5) is 24.3. The van der Waals surface area contributed by atoms with E-state index in [-0.39, 0.29) is 25.6 Å². The SMILES string of the molecule is O=C(CCc1ccc2c(c1)OCO2)OCC(=O)c1ccc2c(c1)OCCCO2. The third-order valence-corrected chi connectivity index (χ3v) is 4.49. The number of carbonyl (C=O) groups is 2. The Bertz CT molecular complexity index is 890. The first kappa shape index (κ1) is 18.2. The Labute approximate surface area is 162 Å². The summed E-state index contributed by atoms with van der Waals surface area (Å²) in [6, 6.07) is 10.5. The van der Waals surface area contributed by atoms with E-state index in [2.05, 4.69) is 0 Å². The molecule has 2 heterocycles. The van der Waals surface area contributed by atoms with E-state index in [9.17, 15) is 9.59 Å². The van der Waals surface area contributed by atoms with Gasteiger partial charge in [-0.3, -0.25) is 9.59 Å². The molecule has 0 bridgehead atoms. The molecule has 0 saturated heterocycles. The first-order valence-electron chi connectivity index (χ1n) is 9.16. The maximum absolute atomic E-state index is 12.3. The van der Waals surface area contributed by atoms with Crippen molar-refractivity contribution in [3.05, 3.63) is 47.5 Å². The van der Waals surface area contributed by atoms with E-state index >= 15 is 0 Å². The summed E-state index contributed by atoms with van der Waals surface area (Å²) >= 11 is 0. The Hall–Kier alpha value is -3.22. The zero-order valence-corrected chi connectivity index (χ0v) is 15.3. The highest BCUT2D eigenvalue weighted by atomic mass is 16.7. The van der Waals surface area contributed by atoms with Gasteiger partial charge in [-0.2, -0.15) is 0 Å². The van der Waals surface area contributed by atoms with Crippen molar-refractivity contribution in [3.63, 3.8) is 0 Å². The number of hydrogen-bond donors (Lipinski definition) is 0. The van der Waals surface area contributed by atoms with Crippen LogP contribution >= 0.6 is 0 Å². The van der Waals surface area contributed by atoms with Gasteiger partial charge in [-0.1, -0.05) is 6.07 Å². The van der Waals surface area contributed by atoms with Crippen LogP contribution in [0.3, 0.4) is 0 Å². The second kappa shape index (κ2) is 8.21. The molecule has 2 aromatic rings. The summed E-state index contributed by atoms with van der Waals surface area (Å²) in [5, 5.41) is 0. The molecule has 2 aliphatic heterocycles. The van der Waals surface area contributed by atoms with Gasteiger partial charge in [0.2, 0.25) is 6.79 Å². The summed E-state index contributed by atoms with van der Waals surface area (Å²) < 4.78 is 26.8. The average Bonchev–Trinajstić information content (AvgIpc) is 3.06. The molecule has 0 fully saturated rings. The zero-order valence-electron chi connectivity index (χ0n) is 15.3. The molecule has 0 aliphatic carbocycles. The van der Waals surface area contributed by atoms with Gasteiger partial charge >= 0.3 is 5.97 Å². The van der Waals surface area contributed by atoms with Crippen LogP contribution in [-0.4, -0.2) is 38.4 Å². The summed E-state index contributed by atoms with van der Waals surface area (Å²) in [5.74, 6) is 1.82. The van der Waals surface area contributed by atoms with Crippen LogP contribution in [0, 0.1) is 0 Å². The van der Waals surface area contributed by atoms with Crippen molar-refractivity contribution in [1.29, 1.82) is 0 Å². The van der Waals surface area contributed by atoms with Crippen molar-refractivity contribution >= 4 is 11.8 Å². The average molecular weight is 384 g/mol. The first-order chi connectivity index (χ1) is 13.7. The van der Waals surface area contributed by atoms with Crippen LogP contribution in [0.2, 0.25) is 0 Å². The predicted molar refractivity (Wildman–Crippen MR) is 98.2 cm³/mol. The number of carbonyl (C=O) groups excluding carboxylic acids is 2. The number of hydrogen-bond acceptors (Lipinski definition) is 7. The van der Waals surface area contributed by atoms with Crippen LogP contribution in [0.25, 0.3) is 0 Å². The lowest BCUT2D eigenvalue weighted by Gasteiger charge is -2.09. The Morgan fingerprint density at radius 3 is 2.46 bits per heavy atom. The minimum Gasteiger partial charge on any atom is -0.490 e. The maximum atomic E-state index is 12.3. The molecule has 146 valence electrons. The molecule has 0 spiro atoms. The lowest BCUT2D eigenvalue weighted by molar-refractivity contribution is -0.142. The van der Waals surface area contributed by atoms with Gasteiger partial charge in [0.1, 0.15) is 0 Å². The first-order valence-corrected chi connectivity index (χ1v) is 9.16. The summed E-state index contributed by atoms with van der Waals surface area (Å²) in [6.45, 7) is 1.03. The number of rotatable bonds is 6. The van der Waals surface area contributed by atoms with Gasteiger partial charge < -0.3 is 23.7 Å². The molecule has 2 aromatic carbocycles. The Kier molecular flexibility index (Phi) is 5.32. The number of ether oxygens (including phenoxy) is 5. The van der Waals surface area contributed by atoms with Crippen molar-refractivity contribution in [2.45, 2.75) is 19.3 Å². The van der Waals surface area contributed by atoms with Crippen molar-refractivity contribution in [1.82, 2.24) is 0 Å². The minimum atomic E-state index is -0.430. The lowest BCUT2D eigenvalue weighted by Crippen LogP contribution is -2.14. The fourth-order valence-electron chi connectivity index (χ4n) is 2.98. The minimum absolute atomic E-state index is 0.175. The fourth-order valence-corrected chi connectivity index (χ4v) is 2.98. The molecule has 0 unspecified atom stereocenters. The molecule has 4 rings (SSSR count). The van der Waals surface area contributed by atoms with Crippen LogP contribution in [0.5, 0.6) is 23.0 Å². The number of Topliss-reactive ketones (excluding diaryl/α,β-unsaturated/α-hetero) is 1. The second-order valence-corrected chi connectivity index (χ2v) is 6.48. The van der Waals surface area contributed by atoms with E-state index in [1.807, 2.05) is 18.2 Å². The van der Waals surface area contributed by atoms with E-state index in [1.165, 1.54) is 0 Å². The second-order valence-electron chi connectivity index (χ2n) is 6.48. The van der Waals surface area contributed by atoms with Gasteiger partial charge in [-0.25, -0.2) is 0 Å². The van der Waals surface area contributed by atoms with E-state index in [4.69, 9.17) is 23.7 Å². The topological polar surface area (TPSA) is 80.3 Å². The molecular formula is C21H20O7. The van der Waals surface area contributed by atoms with Crippen LogP contribution in [0.15, 0.2) is 36.4 Å². The van der Waals surface area contributed by atoms with E-state index < -0.39 is 5.97 Å². The van der Waals surface area contributed by atoms with Crippen LogP contribution in [0.1, 0.15) is 28.8 Å². The Morgan fingerprint density at radius 1 is 0.857 bits per heavy atom. The molecule has 0 radical (unpaired) electrons. The molecule has 0 N–H and O–H groups in total. The molecule has 0 aromatic heterocycles. The maximum Gasteiger partial charge on any atom is 0.306 e. The zero-order chi connectivity index (χ0) is 19.3. The molecule has 0 saturated carbocycles. The van der Waals surface area contributed by atoms with Gasteiger partial charge in [0.25, 0.3) is 0 Å². The predicted octanol–water partition coefficient (Wildman–Crippen LogP) is 2.94. The summed E-state index contributed by atoms with van der Waals surface area (Å²) in [6.07, 6.45) is 1.46. The third-order valence-electron chi connectivity index (χ3n) is 4.49. The Morgan fingerprint density at radius 2 is 1.57 bits per heavy atom. The van der Waals surface area contributed by atoms with Crippen molar-refractivity contribution in [2.75, 3.05) is 26.6 Å². The van der Waals surface area contributed by atoms with Crippen molar-refractivity contribution in [3.8, 4) is 23.0 Å². The molecule has 0 amide bonds. The number of esters is 1. The van der Waals surface area contributed by atoms with Crippen LogP contribution < -0.4 is 18.9 Å². The van der Waals surface area contributed by atoms with Crippen molar-refractivity contribution in [2.24, 2.45) is 0 Å². The van der Waals surface area contributed by atoms with Crippen LogP contribution in [-0.2, 0) is 16.0 Å². The normalized spacial score (nSPS) is 14.3. The highest BCUT2D eigenvalue weighted by Gasteiger charge is 2.17. The number of benzene rings is 2. The number of ketones is 1. The van der Waals surface area contributed by atoms with Gasteiger partial charge in [-0.15, -0.1) is 0 Å². The standard InChI is InChI=1S/C21H20O7/c22-16(15-4-6-17-20(11-15)25-9-1-8-24-17)12-26-21(23)7-3-14-2-5-18-19(10-14)28-13-27-18/h2,4-6,10-11H,1,3,7-9,12-13H2. The van der Waals surface area contributed by atoms with E-state index in [0.29, 0.717) is 48.2 Å². The van der Waals surface area contributed by atoms with E-state index in [1.54, 1.807) is 18.2 Å². The smallest absolute Gasteiger partial charge is 0.306 e. The van der Waals surface area contributed by atoms with Crippen molar-refractivity contribution < 1.29 is 33.3 Å². The monoisotopic (exact) mass is 384 g/mol. The molecule has 28 heavy (non-hydrogen) atoms. The van der Waals surface area contributed by atoms with Crippen LogP contribution in [0.4, 0.5) is 0 Å². The highest BCUT2D eigenvalue weighted by Crippen LogP contribution is 2.33. The molecular weight excluding hydrogens is 364 g/mol. The fraction of sp³-hybridized carbons (Fsp3) is 0.333. The van der Waals surface area contributed by atoms with Gasteiger partial charge in [0.15, 0.2) is 35.4 Å². The van der Waals surface area contributed by atoms with Gasteiger partial charge in [0, 0.05) is 18.4 Å². The lowest BCUT2D eigenvalue weighted by atomic mass is 10.1.